The molecule has 7 heteroatoms. The predicted molar refractivity (Wildman–Crippen MR) is 141 cm³/mol. The second-order valence-electron chi connectivity index (χ2n) is 7.86. The van der Waals surface area contributed by atoms with E-state index in [1.54, 1.807) is 24.4 Å². The molecule has 0 bridgehead atoms. The number of carbonyl (C=O) groups excluding carboxylic acids is 1. The number of hydrogen-bond donors (Lipinski definition) is 1. The Morgan fingerprint density at radius 3 is 2.60 bits per heavy atom. The maximum absolute atomic E-state index is 12.6. The van der Waals surface area contributed by atoms with Crippen LogP contribution in [-0.2, 0) is 17.8 Å². The van der Waals surface area contributed by atoms with Gasteiger partial charge in [-0.05, 0) is 53.5 Å². The predicted octanol–water partition coefficient (Wildman–Crippen LogP) is 6.82. The van der Waals surface area contributed by atoms with Crippen molar-refractivity contribution in [2.75, 3.05) is 5.32 Å². The van der Waals surface area contributed by atoms with E-state index in [4.69, 9.17) is 16.3 Å². The zero-order chi connectivity index (χ0) is 24.6. The number of aromatic nitrogens is 1. The fourth-order valence-electron chi connectivity index (χ4n) is 3.28. The average molecular weight is 500 g/mol. The number of hydrogen-bond acceptors (Lipinski definition) is 5. The molecule has 0 aliphatic carbocycles. The standard InChI is InChI=1S/C28H22ClN3O2S/c1-19-7-8-22(15-26(19)29)14-25-17-31-28(35-25)32-27(33)23(16-30)13-20-9-11-24(12-10-20)34-18-21-5-3-2-4-6-21/h2-13,15,17H,14,18H2,1H3,(H,31,32,33). The number of amides is 1. The van der Waals surface area contributed by atoms with Crippen molar-refractivity contribution in [2.24, 2.45) is 0 Å². The van der Waals surface area contributed by atoms with Crippen LogP contribution in [0.15, 0.2) is 84.6 Å². The summed E-state index contributed by atoms with van der Waals surface area (Å²) in [6.45, 7) is 2.43. The van der Waals surface area contributed by atoms with Crippen LogP contribution in [-0.4, -0.2) is 10.9 Å². The van der Waals surface area contributed by atoms with Crippen molar-refractivity contribution in [3.63, 3.8) is 0 Å². The number of halogens is 1. The quantitative estimate of drug-likeness (QED) is 0.213. The molecule has 1 heterocycles. The fraction of sp³-hybridized carbons (Fsp3) is 0.107. The highest BCUT2D eigenvalue weighted by molar-refractivity contribution is 7.15. The lowest BCUT2D eigenvalue weighted by Crippen LogP contribution is -2.13. The van der Waals surface area contributed by atoms with Gasteiger partial charge >= 0.3 is 0 Å². The number of rotatable bonds is 8. The number of anilines is 1. The highest BCUT2D eigenvalue weighted by Crippen LogP contribution is 2.24. The molecule has 0 spiro atoms. The zero-order valence-corrected chi connectivity index (χ0v) is 20.6. The first-order valence-electron chi connectivity index (χ1n) is 10.9. The van der Waals surface area contributed by atoms with Crippen LogP contribution in [0.5, 0.6) is 5.75 Å². The van der Waals surface area contributed by atoms with Crippen LogP contribution in [0.25, 0.3) is 6.08 Å². The van der Waals surface area contributed by atoms with Crippen LogP contribution in [0.3, 0.4) is 0 Å². The van der Waals surface area contributed by atoms with Gasteiger partial charge in [0.25, 0.3) is 5.91 Å². The maximum atomic E-state index is 12.6. The Kier molecular flexibility index (Phi) is 7.94. The molecule has 1 amide bonds. The molecule has 3 aromatic carbocycles. The van der Waals surface area contributed by atoms with Gasteiger partial charge in [-0.1, -0.05) is 66.2 Å². The summed E-state index contributed by atoms with van der Waals surface area (Å²) in [5, 5.41) is 13.4. The van der Waals surface area contributed by atoms with E-state index in [1.165, 1.54) is 11.3 Å². The van der Waals surface area contributed by atoms with Crippen molar-refractivity contribution >= 4 is 40.1 Å². The third kappa shape index (κ3) is 6.80. The number of nitrogens with one attached hydrogen (secondary N) is 1. The molecular formula is C28H22ClN3O2S. The topological polar surface area (TPSA) is 75.0 Å². The number of aryl methyl sites for hydroxylation is 1. The van der Waals surface area contributed by atoms with Gasteiger partial charge in [0.2, 0.25) is 0 Å². The molecule has 35 heavy (non-hydrogen) atoms. The molecule has 0 saturated carbocycles. The molecule has 174 valence electrons. The summed E-state index contributed by atoms with van der Waals surface area (Å²) < 4.78 is 5.78. The SMILES string of the molecule is Cc1ccc(Cc2cnc(NC(=O)C(C#N)=Cc3ccc(OCc4ccccc4)cc3)s2)cc1Cl. The highest BCUT2D eigenvalue weighted by atomic mass is 35.5. The molecule has 0 radical (unpaired) electrons. The Morgan fingerprint density at radius 1 is 1.11 bits per heavy atom. The lowest BCUT2D eigenvalue weighted by Gasteiger charge is -2.06. The lowest BCUT2D eigenvalue weighted by molar-refractivity contribution is -0.112. The fourth-order valence-corrected chi connectivity index (χ4v) is 4.32. The van der Waals surface area contributed by atoms with Gasteiger partial charge in [0.05, 0.1) is 0 Å². The van der Waals surface area contributed by atoms with Gasteiger partial charge in [0, 0.05) is 22.5 Å². The minimum Gasteiger partial charge on any atom is -0.489 e. The van der Waals surface area contributed by atoms with E-state index in [-0.39, 0.29) is 5.57 Å². The first-order valence-corrected chi connectivity index (χ1v) is 12.1. The van der Waals surface area contributed by atoms with Crippen LogP contribution in [0.4, 0.5) is 5.13 Å². The van der Waals surface area contributed by atoms with Gasteiger partial charge in [-0.2, -0.15) is 5.26 Å². The van der Waals surface area contributed by atoms with Gasteiger partial charge < -0.3 is 4.74 Å². The molecule has 4 aromatic rings. The van der Waals surface area contributed by atoms with Gasteiger partial charge in [0.15, 0.2) is 5.13 Å². The molecule has 0 aliphatic heterocycles. The molecule has 0 atom stereocenters. The summed E-state index contributed by atoms with van der Waals surface area (Å²) in [5.41, 5.74) is 3.88. The number of nitrogens with zero attached hydrogens (tertiary/aromatic N) is 2. The minimum atomic E-state index is -0.504. The first kappa shape index (κ1) is 24.2. The largest absolute Gasteiger partial charge is 0.489 e. The van der Waals surface area contributed by atoms with Gasteiger partial charge in [-0.25, -0.2) is 4.98 Å². The Morgan fingerprint density at radius 2 is 1.89 bits per heavy atom. The van der Waals surface area contributed by atoms with Crippen molar-refractivity contribution in [3.05, 3.63) is 117 Å². The lowest BCUT2D eigenvalue weighted by atomic mass is 10.1. The number of ether oxygens (including phenoxy) is 1. The van der Waals surface area contributed by atoms with Crippen molar-refractivity contribution < 1.29 is 9.53 Å². The summed E-state index contributed by atoms with van der Waals surface area (Å²) in [5.74, 6) is 0.204. The van der Waals surface area contributed by atoms with Crippen molar-refractivity contribution in [1.82, 2.24) is 4.98 Å². The van der Waals surface area contributed by atoms with Gasteiger partial charge in [-0.3, -0.25) is 10.1 Å². The summed E-state index contributed by atoms with van der Waals surface area (Å²) in [7, 11) is 0. The van der Waals surface area contributed by atoms with Crippen molar-refractivity contribution in [1.29, 1.82) is 5.26 Å². The van der Waals surface area contributed by atoms with E-state index in [2.05, 4.69) is 10.3 Å². The smallest absolute Gasteiger partial charge is 0.268 e. The number of thiazole rings is 1. The maximum Gasteiger partial charge on any atom is 0.268 e. The molecule has 1 N–H and O–H groups in total. The molecule has 0 unspecified atom stereocenters. The van der Waals surface area contributed by atoms with Crippen LogP contribution < -0.4 is 10.1 Å². The number of benzene rings is 3. The van der Waals surface area contributed by atoms with E-state index in [0.717, 1.165) is 32.2 Å². The Hall–Kier alpha value is -3.92. The zero-order valence-electron chi connectivity index (χ0n) is 19.0. The second kappa shape index (κ2) is 11.5. The number of nitriles is 1. The monoisotopic (exact) mass is 499 g/mol. The summed E-state index contributed by atoms with van der Waals surface area (Å²) in [6.07, 6.45) is 3.92. The Labute approximate surface area is 213 Å². The molecule has 5 nitrogen and oxygen atoms in total. The average Bonchev–Trinajstić information content (AvgIpc) is 3.31. The Balaban J connectivity index is 1.36. The van der Waals surface area contributed by atoms with Crippen LogP contribution in [0, 0.1) is 18.3 Å². The van der Waals surface area contributed by atoms with Gasteiger partial charge in [-0.15, -0.1) is 11.3 Å². The van der Waals surface area contributed by atoms with Crippen LogP contribution >= 0.6 is 22.9 Å². The van der Waals surface area contributed by atoms with Crippen molar-refractivity contribution in [3.8, 4) is 11.8 Å². The third-order valence-electron chi connectivity index (χ3n) is 5.19. The Bertz CT molecular complexity index is 1390. The van der Waals surface area contributed by atoms with E-state index < -0.39 is 5.91 Å². The second-order valence-corrected chi connectivity index (χ2v) is 9.38. The molecular weight excluding hydrogens is 478 g/mol. The van der Waals surface area contributed by atoms with E-state index in [0.29, 0.717) is 23.9 Å². The molecule has 0 fully saturated rings. The molecule has 0 aliphatic rings. The third-order valence-corrected chi connectivity index (χ3v) is 6.51. The van der Waals surface area contributed by atoms with E-state index in [1.807, 2.05) is 73.7 Å². The van der Waals surface area contributed by atoms with Crippen LogP contribution in [0.2, 0.25) is 5.02 Å². The van der Waals surface area contributed by atoms with Crippen molar-refractivity contribution in [2.45, 2.75) is 20.0 Å². The van der Waals surface area contributed by atoms with E-state index >= 15 is 0 Å². The molecule has 4 rings (SSSR count). The molecule has 0 saturated heterocycles. The summed E-state index contributed by atoms with van der Waals surface area (Å²) in [4.78, 5) is 17.9. The summed E-state index contributed by atoms with van der Waals surface area (Å²) in [6, 6.07) is 25.0. The van der Waals surface area contributed by atoms with Gasteiger partial charge in [0.1, 0.15) is 24.0 Å². The summed E-state index contributed by atoms with van der Waals surface area (Å²) >= 11 is 7.57. The molecule has 1 aromatic heterocycles. The van der Waals surface area contributed by atoms with E-state index in [9.17, 15) is 10.1 Å². The first-order chi connectivity index (χ1) is 17.0. The minimum absolute atomic E-state index is 0.00924. The van der Waals surface area contributed by atoms with Crippen LogP contribution in [0.1, 0.15) is 27.1 Å². The highest BCUT2D eigenvalue weighted by Gasteiger charge is 2.13. The number of carbonyl (C=O) groups is 1. The normalized spacial score (nSPS) is 11.1.